The van der Waals surface area contributed by atoms with Gasteiger partial charge in [0, 0.05) is 12.6 Å². The molecule has 0 aliphatic carbocycles. The van der Waals surface area contributed by atoms with Crippen LogP contribution in [0.15, 0.2) is 23.1 Å². The van der Waals surface area contributed by atoms with E-state index in [9.17, 15) is 8.42 Å². The van der Waals surface area contributed by atoms with Crippen LogP contribution >= 0.6 is 35.6 Å². The molecule has 0 radical (unpaired) electrons. The Kier molecular flexibility index (Phi) is 6.76. The van der Waals surface area contributed by atoms with E-state index in [1.165, 1.54) is 12.1 Å². The first-order valence-corrected chi connectivity index (χ1v) is 6.79. The Labute approximate surface area is 117 Å². The maximum atomic E-state index is 11.9. The molecule has 0 bridgehead atoms. The van der Waals surface area contributed by atoms with E-state index in [-0.39, 0.29) is 39.9 Å². The van der Waals surface area contributed by atoms with Crippen molar-refractivity contribution in [2.45, 2.75) is 17.9 Å². The quantitative estimate of drug-likeness (QED) is 0.892. The Bertz CT molecular complexity index is 459. The lowest BCUT2D eigenvalue weighted by Gasteiger charge is -2.13. The minimum absolute atomic E-state index is 0. The Morgan fingerprint density at radius 2 is 1.82 bits per heavy atom. The minimum atomic E-state index is -3.73. The molecule has 4 nitrogen and oxygen atoms in total. The van der Waals surface area contributed by atoms with Crippen molar-refractivity contribution in [3.8, 4) is 0 Å². The monoisotopic (exact) mass is 318 g/mol. The highest BCUT2D eigenvalue weighted by Gasteiger charge is 2.22. The second-order valence-corrected chi connectivity index (χ2v) is 5.77. The molecule has 0 amide bonds. The fraction of sp³-hybridized carbons (Fsp3) is 0.333. The lowest BCUT2D eigenvalue weighted by atomic mass is 10.4. The lowest BCUT2D eigenvalue weighted by molar-refractivity contribution is 0.563. The normalized spacial score (nSPS) is 12.9. The molecule has 3 N–H and O–H groups in total. The Balaban J connectivity index is 0.00000256. The molecule has 0 saturated carbocycles. The summed E-state index contributed by atoms with van der Waals surface area (Å²) in [6, 6.07) is 4.14. The highest BCUT2D eigenvalue weighted by molar-refractivity contribution is 7.89. The number of nitrogens with two attached hydrogens (primary N) is 1. The third kappa shape index (κ3) is 4.28. The largest absolute Gasteiger partial charge is 0.329 e. The van der Waals surface area contributed by atoms with Gasteiger partial charge in [0.15, 0.2) is 0 Å². The van der Waals surface area contributed by atoms with Crippen LogP contribution in [0.2, 0.25) is 10.0 Å². The Morgan fingerprint density at radius 3 is 2.24 bits per heavy atom. The van der Waals surface area contributed by atoms with Crippen molar-refractivity contribution in [3.05, 3.63) is 28.2 Å². The molecule has 17 heavy (non-hydrogen) atoms. The molecule has 0 aromatic heterocycles. The van der Waals surface area contributed by atoms with Gasteiger partial charge in [0.05, 0.1) is 10.0 Å². The number of benzene rings is 1. The molecule has 1 aromatic carbocycles. The summed E-state index contributed by atoms with van der Waals surface area (Å²) >= 11 is 11.6. The van der Waals surface area contributed by atoms with E-state index in [0.29, 0.717) is 0 Å². The van der Waals surface area contributed by atoms with Crippen LogP contribution < -0.4 is 10.5 Å². The zero-order valence-electron chi connectivity index (χ0n) is 8.98. The van der Waals surface area contributed by atoms with Gasteiger partial charge in [-0.1, -0.05) is 29.3 Å². The van der Waals surface area contributed by atoms with Gasteiger partial charge in [-0.15, -0.1) is 12.4 Å². The minimum Gasteiger partial charge on any atom is -0.329 e. The van der Waals surface area contributed by atoms with Crippen molar-refractivity contribution < 1.29 is 8.42 Å². The van der Waals surface area contributed by atoms with Gasteiger partial charge in [0.2, 0.25) is 10.0 Å². The summed E-state index contributed by atoms with van der Waals surface area (Å²) in [5.74, 6) is 0. The van der Waals surface area contributed by atoms with E-state index in [4.69, 9.17) is 28.9 Å². The first-order chi connectivity index (χ1) is 7.38. The summed E-state index contributed by atoms with van der Waals surface area (Å²) in [7, 11) is -3.73. The van der Waals surface area contributed by atoms with Crippen molar-refractivity contribution >= 4 is 45.6 Å². The average molecular weight is 320 g/mol. The van der Waals surface area contributed by atoms with Crippen LogP contribution in [0.4, 0.5) is 0 Å². The number of halogens is 3. The summed E-state index contributed by atoms with van der Waals surface area (Å²) in [6.07, 6.45) is 0. The summed E-state index contributed by atoms with van der Waals surface area (Å²) in [5.41, 5.74) is 5.34. The molecule has 98 valence electrons. The molecule has 8 heteroatoms. The third-order valence-electron chi connectivity index (χ3n) is 1.90. The molecule has 1 aromatic rings. The molecule has 0 spiro atoms. The highest BCUT2D eigenvalue weighted by Crippen LogP contribution is 2.28. The van der Waals surface area contributed by atoms with E-state index < -0.39 is 10.0 Å². The number of rotatable bonds is 4. The van der Waals surface area contributed by atoms with Crippen LogP contribution in [-0.4, -0.2) is 21.0 Å². The predicted molar refractivity (Wildman–Crippen MR) is 72.5 cm³/mol. The number of hydrogen-bond acceptors (Lipinski definition) is 3. The molecular formula is C9H13Cl3N2O2S. The first-order valence-electron chi connectivity index (χ1n) is 4.55. The van der Waals surface area contributed by atoms with Crippen molar-refractivity contribution in [2.75, 3.05) is 6.54 Å². The van der Waals surface area contributed by atoms with Gasteiger partial charge in [-0.3, -0.25) is 0 Å². The van der Waals surface area contributed by atoms with E-state index in [1.807, 2.05) is 0 Å². The van der Waals surface area contributed by atoms with Gasteiger partial charge in [0.25, 0.3) is 0 Å². The molecule has 1 rings (SSSR count). The van der Waals surface area contributed by atoms with E-state index in [2.05, 4.69) is 4.72 Å². The van der Waals surface area contributed by atoms with Crippen molar-refractivity contribution in [3.63, 3.8) is 0 Å². The first kappa shape index (κ1) is 17.0. The summed E-state index contributed by atoms with van der Waals surface area (Å²) < 4.78 is 26.2. The van der Waals surface area contributed by atoms with Gasteiger partial charge in [0.1, 0.15) is 4.90 Å². The predicted octanol–water partition coefficient (Wildman–Crippen LogP) is 2.04. The summed E-state index contributed by atoms with van der Waals surface area (Å²) in [5, 5.41) is 0.174. The van der Waals surface area contributed by atoms with Crippen LogP contribution in [0, 0.1) is 0 Å². The van der Waals surface area contributed by atoms with Gasteiger partial charge in [-0.2, -0.15) is 0 Å². The second-order valence-electron chi connectivity index (χ2n) is 3.31. The smallest absolute Gasteiger partial charge is 0.243 e. The highest BCUT2D eigenvalue weighted by atomic mass is 35.5. The average Bonchev–Trinajstić information content (AvgIpc) is 2.16. The van der Waals surface area contributed by atoms with E-state index in [0.717, 1.165) is 0 Å². The van der Waals surface area contributed by atoms with Gasteiger partial charge >= 0.3 is 0 Å². The van der Waals surface area contributed by atoms with Gasteiger partial charge < -0.3 is 5.73 Å². The molecule has 1 atom stereocenters. The van der Waals surface area contributed by atoms with Crippen LogP contribution in [0.25, 0.3) is 0 Å². The molecule has 0 fully saturated rings. The summed E-state index contributed by atoms with van der Waals surface area (Å²) in [4.78, 5) is -0.112. The van der Waals surface area contributed by atoms with Crippen molar-refractivity contribution in [1.82, 2.24) is 4.72 Å². The molecule has 0 heterocycles. The van der Waals surface area contributed by atoms with Crippen LogP contribution in [0.3, 0.4) is 0 Å². The van der Waals surface area contributed by atoms with Crippen molar-refractivity contribution in [2.24, 2.45) is 5.73 Å². The number of hydrogen-bond donors (Lipinski definition) is 2. The van der Waals surface area contributed by atoms with E-state index in [1.54, 1.807) is 13.0 Å². The second kappa shape index (κ2) is 6.78. The van der Waals surface area contributed by atoms with Crippen LogP contribution in [0.1, 0.15) is 6.92 Å². The van der Waals surface area contributed by atoms with Gasteiger partial charge in [-0.05, 0) is 19.1 Å². The van der Waals surface area contributed by atoms with Gasteiger partial charge in [-0.25, -0.2) is 13.1 Å². The van der Waals surface area contributed by atoms with Crippen LogP contribution in [-0.2, 0) is 10.0 Å². The molecule has 0 saturated heterocycles. The number of sulfonamides is 1. The topological polar surface area (TPSA) is 72.2 Å². The maximum absolute atomic E-state index is 11.9. The zero-order valence-corrected chi connectivity index (χ0v) is 12.1. The maximum Gasteiger partial charge on any atom is 0.243 e. The third-order valence-corrected chi connectivity index (χ3v) is 4.44. The SMILES string of the molecule is C[C@H](CN)NS(=O)(=O)c1c(Cl)cccc1Cl.Cl. The number of nitrogens with one attached hydrogen (secondary N) is 1. The molecule has 0 aliphatic rings. The standard InChI is InChI=1S/C9H12Cl2N2O2S.ClH/c1-6(5-12)13-16(14,15)9-7(10)3-2-4-8(9)11;/h2-4,6,13H,5,12H2,1H3;1H/t6-;/m1./s1. The lowest BCUT2D eigenvalue weighted by Crippen LogP contribution is -2.37. The summed E-state index contributed by atoms with van der Waals surface area (Å²) in [6.45, 7) is 1.85. The van der Waals surface area contributed by atoms with Crippen molar-refractivity contribution in [1.29, 1.82) is 0 Å². The van der Waals surface area contributed by atoms with E-state index >= 15 is 0 Å². The molecular weight excluding hydrogens is 307 g/mol. The molecule has 0 unspecified atom stereocenters. The fourth-order valence-electron chi connectivity index (χ4n) is 1.11. The molecule has 0 aliphatic heterocycles. The van der Waals surface area contributed by atoms with Crippen LogP contribution in [0.5, 0.6) is 0 Å². The Morgan fingerprint density at radius 1 is 1.35 bits per heavy atom. The fourth-order valence-corrected chi connectivity index (χ4v) is 3.51. The zero-order chi connectivity index (χ0) is 12.3. The Hall–Kier alpha value is -0.0400.